The zero-order valence-electron chi connectivity index (χ0n) is 15.0. The molecule has 0 aliphatic heterocycles. The highest BCUT2D eigenvalue weighted by molar-refractivity contribution is 7.75. The summed E-state index contributed by atoms with van der Waals surface area (Å²) in [4.78, 5) is 9.57. The van der Waals surface area contributed by atoms with Crippen molar-refractivity contribution >= 4 is 13.2 Å². The molecule has 0 heterocycles. The van der Waals surface area contributed by atoms with Crippen LogP contribution in [0.15, 0.2) is 0 Å². The number of hydrogen-bond donors (Lipinski definition) is 2. The molecule has 0 bridgehead atoms. The smallest absolute Gasteiger partial charge is 0.320 e. The highest BCUT2D eigenvalue weighted by atomic mass is 31.2. The Bertz CT molecular complexity index is 223. The number of nitrogens with two attached hydrogens (primary N) is 1. The first kappa shape index (κ1) is 23.1. The van der Waals surface area contributed by atoms with Crippen LogP contribution in [-0.2, 0) is 4.79 Å². The quantitative estimate of drug-likeness (QED) is 0.535. The minimum absolute atomic E-state index is 0.527. The molecule has 0 fully saturated rings. The molecule has 0 radical (unpaired) electrons. The molecule has 0 saturated heterocycles. The summed E-state index contributed by atoms with van der Waals surface area (Å²) in [6.07, 6.45) is 14.9. The van der Waals surface area contributed by atoms with Gasteiger partial charge >= 0.3 is 5.97 Å². The SMILES string of the molecule is CC(N)C(=O)O.CCCC[P+](CC)(CCCC)CCCC. The van der Waals surface area contributed by atoms with E-state index in [9.17, 15) is 4.79 Å². The number of carboxylic acids is 1. The first-order valence-electron chi connectivity index (χ1n) is 8.72. The summed E-state index contributed by atoms with van der Waals surface area (Å²) in [5.74, 6) is -0.963. The van der Waals surface area contributed by atoms with E-state index >= 15 is 0 Å². The molecule has 0 amide bonds. The van der Waals surface area contributed by atoms with Crippen LogP contribution in [0.2, 0.25) is 0 Å². The van der Waals surface area contributed by atoms with E-state index in [4.69, 9.17) is 10.8 Å². The van der Waals surface area contributed by atoms with Gasteiger partial charge in [-0.15, -0.1) is 0 Å². The Morgan fingerprint density at radius 1 is 0.952 bits per heavy atom. The molecule has 0 aliphatic rings. The fraction of sp³-hybridized carbons (Fsp3) is 0.941. The molecule has 1 atom stereocenters. The molecular formula is C17H39NO2P+. The van der Waals surface area contributed by atoms with Gasteiger partial charge in [0.15, 0.2) is 0 Å². The summed E-state index contributed by atoms with van der Waals surface area (Å²) in [6.45, 7) is 10.9. The van der Waals surface area contributed by atoms with Gasteiger partial charge in [0.1, 0.15) is 6.04 Å². The molecule has 0 aromatic rings. The maximum atomic E-state index is 9.57. The van der Waals surface area contributed by atoms with Crippen molar-refractivity contribution in [3.8, 4) is 0 Å². The Morgan fingerprint density at radius 2 is 1.24 bits per heavy atom. The van der Waals surface area contributed by atoms with Gasteiger partial charge in [0, 0.05) is 7.26 Å². The van der Waals surface area contributed by atoms with Gasteiger partial charge in [-0.2, -0.15) is 0 Å². The third-order valence-electron chi connectivity index (χ3n) is 4.02. The first-order valence-corrected chi connectivity index (χ1v) is 11.3. The van der Waals surface area contributed by atoms with E-state index < -0.39 is 19.3 Å². The van der Waals surface area contributed by atoms with Crippen molar-refractivity contribution in [2.45, 2.75) is 79.2 Å². The largest absolute Gasteiger partial charge is 0.480 e. The number of hydrogen-bond acceptors (Lipinski definition) is 2. The summed E-state index contributed by atoms with van der Waals surface area (Å²) >= 11 is 0. The fourth-order valence-electron chi connectivity index (χ4n) is 2.29. The summed E-state index contributed by atoms with van der Waals surface area (Å²) in [7, 11) is -0.527. The van der Waals surface area contributed by atoms with Crippen LogP contribution in [0.3, 0.4) is 0 Å². The molecule has 0 saturated carbocycles. The summed E-state index contributed by atoms with van der Waals surface area (Å²) in [5.41, 5.74) is 4.84. The van der Waals surface area contributed by atoms with Crippen LogP contribution in [0.4, 0.5) is 0 Å². The van der Waals surface area contributed by atoms with Crippen molar-refractivity contribution in [2.24, 2.45) is 5.73 Å². The molecule has 128 valence electrons. The van der Waals surface area contributed by atoms with Gasteiger partial charge in [0.05, 0.1) is 24.6 Å². The van der Waals surface area contributed by atoms with E-state index in [1.54, 1.807) is 18.5 Å². The lowest BCUT2D eigenvalue weighted by molar-refractivity contribution is -0.138. The van der Waals surface area contributed by atoms with Crippen LogP contribution in [0, 0.1) is 0 Å². The molecule has 3 nitrogen and oxygen atoms in total. The van der Waals surface area contributed by atoms with Crippen LogP contribution in [-0.4, -0.2) is 41.8 Å². The van der Waals surface area contributed by atoms with Crippen molar-refractivity contribution in [1.29, 1.82) is 0 Å². The lowest BCUT2D eigenvalue weighted by atomic mass is 10.4. The standard InChI is InChI=1S/C14H32P.C3H7NO2/c1-5-9-12-15(8-4,13-10-6-2)14-11-7-3;1-2(4)3(5)6/h5-14H2,1-4H3;2H,4H2,1H3,(H,5,6)/q+1;. The van der Waals surface area contributed by atoms with Gasteiger partial charge in [-0.25, -0.2) is 0 Å². The molecule has 1 unspecified atom stereocenters. The number of unbranched alkanes of at least 4 members (excludes halogenated alkanes) is 3. The Kier molecular flexibility index (Phi) is 16.3. The van der Waals surface area contributed by atoms with Crippen LogP contribution >= 0.6 is 7.26 Å². The van der Waals surface area contributed by atoms with Crippen LogP contribution < -0.4 is 5.73 Å². The van der Waals surface area contributed by atoms with Gasteiger partial charge in [-0.3, -0.25) is 4.79 Å². The normalized spacial score (nSPS) is 12.5. The van der Waals surface area contributed by atoms with Crippen LogP contribution in [0.25, 0.3) is 0 Å². The van der Waals surface area contributed by atoms with Crippen molar-refractivity contribution < 1.29 is 9.90 Å². The molecule has 0 aromatic carbocycles. The molecule has 0 rings (SSSR count). The van der Waals surface area contributed by atoms with Crippen molar-refractivity contribution in [2.75, 3.05) is 24.6 Å². The summed E-state index contributed by atoms with van der Waals surface area (Å²) in [6, 6.07) is -0.731. The maximum absolute atomic E-state index is 9.57. The number of carboxylic acid groups (broad SMARTS) is 1. The van der Waals surface area contributed by atoms with Crippen molar-refractivity contribution in [3.63, 3.8) is 0 Å². The van der Waals surface area contributed by atoms with Crippen LogP contribution in [0.5, 0.6) is 0 Å². The Morgan fingerprint density at radius 3 is 1.38 bits per heavy atom. The second-order valence-corrected chi connectivity index (χ2v) is 10.7. The average Bonchev–Trinajstić information content (AvgIpc) is 2.47. The van der Waals surface area contributed by atoms with E-state index in [2.05, 4.69) is 27.7 Å². The third-order valence-corrected chi connectivity index (χ3v) is 9.15. The molecule has 0 aromatic heterocycles. The van der Waals surface area contributed by atoms with E-state index in [-0.39, 0.29) is 0 Å². The van der Waals surface area contributed by atoms with E-state index in [0.717, 1.165) is 0 Å². The first-order chi connectivity index (χ1) is 9.89. The highest BCUT2D eigenvalue weighted by Gasteiger charge is 2.32. The molecule has 3 N–H and O–H groups in total. The van der Waals surface area contributed by atoms with Gasteiger partial charge in [-0.1, -0.05) is 40.0 Å². The zero-order valence-corrected chi connectivity index (χ0v) is 15.9. The Hall–Kier alpha value is -0.140. The van der Waals surface area contributed by atoms with E-state index in [1.165, 1.54) is 51.6 Å². The monoisotopic (exact) mass is 320 g/mol. The minimum atomic E-state index is -0.963. The van der Waals surface area contributed by atoms with E-state index in [1.807, 2.05) is 0 Å². The Labute approximate surface area is 133 Å². The number of aliphatic carboxylic acids is 1. The average molecular weight is 320 g/mol. The number of carbonyl (C=O) groups is 1. The van der Waals surface area contributed by atoms with Gasteiger partial charge in [-0.05, 0) is 33.1 Å². The summed E-state index contributed by atoms with van der Waals surface area (Å²) < 4.78 is 0. The topological polar surface area (TPSA) is 63.3 Å². The predicted molar refractivity (Wildman–Crippen MR) is 98.1 cm³/mol. The summed E-state index contributed by atoms with van der Waals surface area (Å²) in [5, 5.41) is 7.87. The maximum Gasteiger partial charge on any atom is 0.320 e. The molecular weight excluding hydrogens is 281 g/mol. The second-order valence-electron chi connectivity index (χ2n) is 6.02. The Balaban J connectivity index is 0. The zero-order chi connectivity index (χ0) is 16.7. The van der Waals surface area contributed by atoms with Gasteiger partial charge < -0.3 is 10.8 Å². The third kappa shape index (κ3) is 13.3. The van der Waals surface area contributed by atoms with E-state index in [0.29, 0.717) is 0 Å². The molecule has 0 aliphatic carbocycles. The molecule has 4 heteroatoms. The lowest BCUT2D eigenvalue weighted by Gasteiger charge is -2.26. The molecule has 0 spiro atoms. The van der Waals surface area contributed by atoms with Gasteiger partial charge in [0.25, 0.3) is 0 Å². The van der Waals surface area contributed by atoms with Crippen molar-refractivity contribution in [1.82, 2.24) is 0 Å². The predicted octanol–water partition coefficient (Wildman–Crippen LogP) is 4.84. The molecule has 21 heavy (non-hydrogen) atoms. The van der Waals surface area contributed by atoms with Gasteiger partial charge in [0.2, 0.25) is 0 Å². The van der Waals surface area contributed by atoms with Crippen molar-refractivity contribution in [3.05, 3.63) is 0 Å². The lowest BCUT2D eigenvalue weighted by Crippen LogP contribution is -2.25. The number of rotatable bonds is 11. The minimum Gasteiger partial charge on any atom is -0.480 e. The second kappa shape index (κ2) is 14.8. The highest BCUT2D eigenvalue weighted by Crippen LogP contribution is 2.60. The van der Waals surface area contributed by atoms with Crippen LogP contribution in [0.1, 0.15) is 73.1 Å². The fourth-order valence-corrected chi connectivity index (χ4v) is 6.87.